The maximum atomic E-state index is 2.50. The van der Waals surface area contributed by atoms with E-state index in [1.54, 1.807) is 0 Å². The lowest BCUT2D eigenvalue weighted by Crippen LogP contribution is -2.15. The summed E-state index contributed by atoms with van der Waals surface area (Å²) < 4.78 is 2.80. The van der Waals surface area contributed by atoms with Gasteiger partial charge in [-0.05, 0) is 99.0 Å². The zero-order valence-corrected chi connectivity index (χ0v) is 27.2. The molecule has 1 aliphatic rings. The topological polar surface area (TPSA) is 0 Å². The van der Waals surface area contributed by atoms with Gasteiger partial charge in [0.15, 0.2) is 0 Å². The van der Waals surface area contributed by atoms with Gasteiger partial charge in [-0.25, -0.2) is 0 Å². The maximum absolute atomic E-state index is 2.50. The molecule has 1 aromatic heterocycles. The first-order valence-electron chi connectivity index (χ1n) is 15.9. The van der Waals surface area contributed by atoms with E-state index < -0.39 is 0 Å². The molecule has 216 valence electrons. The third kappa shape index (κ3) is 3.77. The van der Waals surface area contributed by atoms with Crippen molar-refractivity contribution in [1.82, 2.24) is 0 Å². The number of benzene rings is 7. The lowest BCUT2D eigenvalue weighted by Gasteiger charge is -2.23. The standard InChI is InChI=1S/C44H34S/c1-25-14-16-30-35-18-19-37-42(43(35)45-39(30)23-25)36-17-15-28(24-38(36)44(37,4)5)40-31-10-6-8-12-33(31)41(34-13-9-7-11-32(34)40)29-21-26(2)20-27(3)22-29/h6-24H,1-5H3. The Morgan fingerprint density at radius 2 is 1.04 bits per heavy atom. The molecule has 1 heterocycles. The van der Waals surface area contributed by atoms with Crippen LogP contribution in [0.2, 0.25) is 0 Å². The van der Waals surface area contributed by atoms with Crippen molar-refractivity contribution in [3.05, 3.63) is 143 Å². The Labute approximate surface area is 268 Å². The van der Waals surface area contributed by atoms with Crippen LogP contribution in [0.3, 0.4) is 0 Å². The first-order chi connectivity index (χ1) is 21.8. The fourth-order valence-electron chi connectivity index (χ4n) is 8.18. The molecular weight excluding hydrogens is 561 g/mol. The Morgan fingerprint density at radius 1 is 0.444 bits per heavy atom. The van der Waals surface area contributed by atoms with Gasteiger partial charge in [0.05, 0.1) is 0 Å². The van der Waals surface area contributed by atoms with Gasteiger partial charge in [0.25, 0.3) is 0 Å². The number of hydrogen-bond acceptors (Lipinski definition) is 1. The molecule has 0 saturated carbocycles. The Bertz CT molecular complexity index is 2460. The number of aryl methyl sites for hydroxylation is 3. The van der Waals surface area contributed by atoms with Crippen LogP contribution in [0.15, 0.2) is 115 Å². The lowest BCUT2D eigenvalue weighted by molar-refractivity contribution is 0.661. The van der Waals surface area contributed by atoms with E-state index in [1.165, 1.54) is 103 Å². The molecule has 45 heavy (non-hydrogen) atoms. The van der Waals surface area contributed by atoms with Gasteiger partial charge < -0.3 is 0 Å². The van der Waals surface area contributed by atoms with E-state index in [2.05, 4.69) is 150 Å². The predicted molar refractivity (Wildman–Crippen MR) is 197 cm³/mol. The summed E-state index contributed by atoms with van der Waals surface area (Å²) in [4.78, 5) is 0. The molecule has 0 radical (unpaired) electrons. The monoisotopic (exact) mass is 594 g/mol. The number of rotatable bonds is 2. The highest BCUT2D eigenvalue weighted by molar-refractivity contribution is 7.26. The van der Waals surface area contributed by atoms with Gasteiger partial charge in [-0.3, -0.25) is 0 Å². The van der Waals surface area contributed by atoms with E-state index in [0.29, 0.717) is 0 Å². The molecule has 0 bridgehead atoms. The van der Waals surface area contributed by atoms with Gasteiger partial charge in [0, 0.05) is 31.2 Å². The summed E-state index contributed by atoms with van der Waals surface area (Å²) in [5.41, 5.74) is 14.7. The lowest BCUT2D eigenvalue weighted by atomic mass is 9.80. The van der Waals surface area contributed by atoms with Crippen LogP contribution in [0.5, 0.6) is 0 Å². The van der Waals surface area contributed by atoms with E-state index in [4.69, 9.17) is 0 Å². The van der Waals surface area contributed by atoms with Crippen LogP contribution in [-0.4, -0.2) is 0 Å². The summed E-state index contributed by atoms with van der Waals surface area (Å²) in [6.07, 6.45) is 0. The highest BCUT2D eigenvalue weighted by atomic mass is 32.1. The normalized spacial score (nSPS) is 13.6. The highest BCUT2D eigenvalue weighted by Crippen LogP contribution is 2.55. The second-order valence-corrected chi connectivity index (χ2v) is 14.6. The van der Waals surface area contributed by atoms with Crippen LogP contribution in [0.25, 0.3) is 75.1 Å². The summed E-state index contributed by atoms with van der Waals surface area (Å²) in [6, 6.07) is 43.9. The van der Waals surface area contributed by atoms with E-state index >= 15 is 0 Å². The Balaban J connectivity index is 1.33. The van der Waals surface area contributed by atoms with Crippen LogP contribution < -0.4 is 0 Å². The van der Waals surface area contributed by atoms with E-state index in [1.807, 2.05) is 11.3 Å². The summed E-state index contributed by atoms with van der Waals surface area (Å²) in [5, 5.41) is 7.97. The summed E-state index contributed by atoms with van der Waals surface area (Å²) >= 11 is 1.95. The van der Waals surface area contributed by atoms with E-state index in [9.17, 15) is 0 Å². The highest BCUT2D eigenvalue weighted by Gasteiger charge is 2.37. The van der Waals surface area contributed by atoms with Crippen molar-refractivity contribution >= 4 is 53.1 Å². The third-order valence-electron chi connectivity index (χ3n) is 10.2. The first-order valence-corrected chi connectivity index (χ1v) is 16.7. The molecule has 0 nitrogen and oxygen atoms in total. The SMILES string of the molecule is Cc1cc(C)cc(-c2c3ccccc3c(-c3ccc4c(c3)C(C)(C)c3ccc5c(sc6cc(C)ccc65)c3-4)c3ccccc23)c1. The van der Waals surface area contributed by atoms with Crippen molar-refractivity contribution < 1.29 is 0 Å². The van der Waals surface area contributed by atoms with Crippen molar-refractivity contribution in [2.75, 3.05) is 0 Å². The van der Waals surface area contributed by atoms with Crippen LogP contribution in [-0.2, 0) is 5.41 Å². The molecule has 0 atom stereocenters. The molecule has 1 aliphatic carbocycles. The van der Waals surface area contributed by atoms with Crippen LogP contribution in [0.4, 0.5) is 0 Å². The fourth-order valence-corrected chi connectivity index (χ4v) is 9.55. The number of thiophene rings is 1. The van der Waals surface area contributed by atoms with Crippen LogP contribution in [0.1, 0.15) is 41.7 Å². The van der Waals surface area contributed by atoms with Crippen molar-refractivity contribution in [1.29, 1.82) is 0 Å². The quantitative estimate of drug-likeness (QED) is 0.175. The molecule has 0 saturated heterocycles. The Morgan fingerprint density at radius 3 is 1.69 bits per heavy atom. The van der Waals surface area contributed by atoms with Crippen molar-refractivity contribution in [3.63, 3.8) is 0 Å². The predicted octanol–water partition coefficient (Wildman–Crippen LogP) is 12.9. The van der Waals surface area contributed by atoms with Gasteiger partial charge in [-0.2, -0.15) is 0 Å². The second kappa shape index (κ2) is 9.39. The Kier molecular flexibility index (Phi) is 5.57. The zero-order chi connectivity index (χ0) is 30.6. The van der Waals surface area contributed by atoms with Crippen LogP contribution >= 0.6 is 11.3 Å². The molecular formula is C44H34S. The zero-order valence-electron chi connectivity index (χ0n) is 26.4. The van der Waals surface area contributed by atoms with E-state index in [0.717, 1.165) is 0 Å². The second-order valence-electron chi connectivity index (χ2n) is 13.6. The molecule has 0 fully saturated rings. The molecule has 9 rings (SSSR count). The van der Waals surface area contributed by atoms with Gasteiger partial charge >= 0.3 is 0 Å². The summed E-state index contributed by atoms with van der Waals surface area (Å²) in [7, 11) is 0. The van der Waals surface area contributed by atoms with Crippen molar-refractivity contribution in [3.8, 4) is 33.4 Å². The molecule has 8 aromatic rings. The van der Waals surface area contributed by atoms with Crippen molar-refractivity contribution in [2.24, 2.45) is 0 Å². The summed E-state index contributed by atoms with van der Waals surface area (Å²) in [6.45, 7) is 11.4. The third-order valence-corrected chi connectivity index (χ3v) is 11.3. The van der Waals surface area contributed by atoms with Crippen molar-refractivity contribution in [2.45, 2.75) is 40.0 Å². The average Bonchev–Trinajstić information content (AvgIpc) is 3.50. The number of hydrogen-bond donors (Lipinski definition) is 0. The summed E-state index contributed by atoms with van der Waals surface area (Å²) in [5.74, 6) is 0. The molecule has 0 unspecified atom stereocenters. The minimum absolute atomic E-state index is 0.0917. The minimum Gasteiger partial charge on any atom is -0.135 e. The molecule has 0 spiro atoms. The molecule has 0 amide bonds. The molecule has 7 aromatic carbocycles. The largest absolute Gasteiger partial charge is 0.135 e. The Hall–Kier alpha value is -4.72. The molecule has 0 N–H and O–H groups in total. The smallest absolute Gasteiger partial charge is 0.0437 e. The van der Waals surface area contributed by atoms with E-state index in [-0.39, 0.29) is 5.41 Å². The molecule has 0 aliphatic heterocycles. The van der Waals surface area contributed by atoms with Gasteiger partial charge in [0.1, 0.15) is 0 Å². The number of fused-ring (bicyclic) bond motifs is 9. The van der Waals surface area contributed by atoms with Gasteiger partial charge in [0.2, 0.25) is 0 Å². The average molecular weight is 595 g/mol. The maximum Gasteiger partial charge on any atom is 0.0437 e. The first kappa shape index (κ1) is 26.7. The molecule has 1 heteroatoms. The fraction of sp³-hybridized carbons (Fsp3) is 0.136. The van der Waals surface area contributed by atoms with Gasteiger partial charge in [-0.15, -0.1) is 11.3 Å². The van der Waals surface area contributed by atoms with Crippen LogP contribution in [0, 0.1) is 20.8 Å². The minimum atomic E-state index is -0.0917. The van der Waals surface area contributed by atoms with Gasteiger partial charge in [-0.1, -0.05) is 128 Å².